The summed E-state index contributed by atoms with van der Waals surface area (Å²) in [4.78, 5) is 2.41. The zero-order chi connectivity index (χ0) is 11.3. The van der Waals surface area contributed by atoms with Gasteiger partial charge in [0.25, 0.3) is 0 Å². The Hall–Kier alpha value is -0.730. The summed E-state index contributed by atoms with van der Waals surface area (Å²) in [6.07, 6.45) is 2.49. The number of nitrogens with zero attached hydrogens (tertiary/aromatic N) is 1. The Morgan fingerprint density at radius 3 is 2.81 bits per heavy atom. The summed E-state index contributed by atoms with van der Waals surface area (Å²) in [7, 11) is 2.18. The van der Waals surface area contributed by atoms with E-state index < -0.39 is 0 Å². The minimum atomic E-state index is 0.288. The molecule has 1 fully saturated rings. The van der Waals surface area contributed by atoms with Crippen molar-refractivity contribution in [3.8, 4) is 5.75 Å². The van der Waals surface area contributed by atoms with Gasteiger partial charge in [0.2, 0.25) is 0 Å². The third-order valence-electron chi connectivity index (χ3n) is 3.79. The third-order valence-corrected chi connectivity index (χ3v) is 4.08. The smallest absolute Gasteiger partial charge is 0.142 e. The maximum absolute atomic E-state index is 6.24. The lowest BCUT2D eigenvalue weighted by molar-refractivity contribution is 0.156. The van der Waals surface area contributed by atoms with Crippen molar-refractivity contribution in [2.24, 2.45) is 0 Å². The summed E-state index contributed by atoms with van der Waals surface area (Å²) >= 11 is 6.24. The van der Waals surface area contributed by atoms with Crippen LogP contribution in [0.5, 0.6) is 5.75 Å². The molecular weight excluding hydrogens is 222 g/mol. The molecule has 0 saturated heterocycles. The van der Waals surface area contributed by atoms with E-state index in [2.05, 4.69) is 24.9 Å². The third kappa shape index (κ3) is 1.52. The number of halogens is 1. The Balaban J connectivity index is 2.02. The maximum Gasteiger partial charge on any atom is 0.142 e. The molecule has 1 aliphatic heterocycles. The van der Waals surface area contributed by atoms with Crippen LogP contribution in [-0.4, -0.2) is 24.1 Å². The zero-order valence-electron chi connectivity index (χ0n) is 9.72. The molecule has 0 atom stereocenters. The SMILES string of the molecule is Cc1cc(Cl)c2c(c1)CN(C)C1(CC1)CO2. The molecule has 1 aromatic rings. The Bertz CT molecular complexity index is 440. The van der Waals surface area contributed by atoms with Crippen molar-refractivity contribution in [3.05, 3.63) is 28.3 Å². The van der Waals surface area contributed by atoms with E-state index in [4.69, 9.17) is 16.3 Å². The summed E-state index contributed by atoms with van der Waals surface area (Å²) in [5.74, 6) is 0.892. The molecule has 0 bridgehead atoms. The molecule has 16 heavy (non-hydrogen) atoms. The summed E-state index contributed by atoms with van der Waals surface area (Å²) in [5, 5.41) is 0.751. The quantitative estimate of drug-likeness (QED) is 0.688. The molecule has 2 nitrogen and oxygen atoms in total. The highest BCUT2D eigenvalue weighted by atomic mass is 35.5. The van der Waals surface area contributed by atoms with E-state index >= 15 is 0 Å². The van der Waals surface area contributed by atoms with Gasteiger partial charge in [-0.3, -0.25) is 4.90 Å². The first-order valence-corrected chi connectivity index (χ1v) is 6.12. The van der Waals surface area contributed by atoms with Gasteiger partial charge in [-0.25, -0.2) is 0 Å². The number of ether oxygens (including phenoxy) is 1. The van der Waals surface area contributed by atoms with Gasteiger partial charge in [-0.15, -0.1) is 0 Å². The van der Waals surface area contributed by atoms with Crippen molar-refractivity contribution >= 4 is 11.6 Å². The summed E-state index contributed by atoms with van der Waals surface area (Å²) < 4.78 is 5.91. The van der Waals surface area contributed by atoms with Gasteiger partial charge in [-0.05, 0) is 38.4 Å². The van der Waals surface area contributed by atoms with Crippen molar-refractivity contribution in [2.45, 2.75) is 31.8 Å². The maximum atomic E-state index is 6.24. The molecule has 1 heterocycles. The molecule has 2 aliphatic rings. The van der Waals surface area contributed by atoms with Crippen molar-refractivity contribution in [1.82, 2.24) is 4.90 Å². The highest BCUT2D eigenvalue weighted by Crippen LogP contribution is 2.46. The van der Waals surface area contributed by atoms with Gasteiger partial charge < -0.3 is 4.74 Å². The van der Waals surface area contributed by atoms with E-state index in [0.717, 1.165) is 23.9 Å². The summed E-state index contributed by atoms with van der Waals surface area (Å²) in [6, 6.07) is 4.16. The molecule has 0 N–H and O–H groups in total. The lowest BCUT2D eigenvalue weighted by Crippen LogP contribution is -2.36. The van der Waals surface area contributed by atoms with Crippen LogP contribution in [0.3, 0.4) is 0 Å². The molecule has 1 spiro atoms. The number of fused-ring (bicyclic) bond motifs is 1. The predicted molar refractivity (Wildman–Crippen MR) is 65.1 cm³/mol. The molecule has 86 valence electrons. The number of likely N-dealkylation sites (N-methyl/N-ethyl adjacent to an activating group) is 1. The molecular formula is C13H16ClNO. The van der Waals surface area contributed by atoms with Crippen LogP contribution in [0.1, 0.15) is 24.0 Å². The van der Waals surface area contributed by atoms with Crippen LogP contribution >= 0.6 is 11.6 Å². The van der Waals surface area contributed by atoms with Gasteiger partial charge in [0.05, 0.1) is 10.6 Å². The normalized spacial score (nSPS) is 22.4. The lowest BCUT2D eigenvalue weighted by Gasteiger charge is -2.23. The molecule has 0 radical (unpaired) electrons. The van der Waals surface area contributed by atoms with E-state index in [1.165, 1.54) is 24.0 Å². The van der Waals surface area contributed by atoms with Crippen LogP contribution in [0.2, 0.25) is 5.02 Å². The number of benzene rings is 1. The highest BCUT2D eigenvalue weighted by Gasteiger charge is 2.48. The highest BCUT2D eigenvalue weighted by molar-refractivity contribution is 6.32. The van der Waals surface area contributed by atoms with Gasteiger partial charge in [-0.2, -0.15) is 0 Å². The fourth-order valence-corrected chi connectivity index (χ4v) is 2.84. The van der Waals surface area contributed by atoms with E-state index in [1.807, 2.05) is 6.07 Å². The minimum absolute atomic E-state index is 0.288. The Morgan fingerprint density at radius 1 is 1.38 bits per heavy atom. The van der Waals surface area contributed by atoms with Crippen LogP contribution in [0.15, 0.2) is 12.1 Å². The van der Waals surface area contributed by atoms with E-state index in [9.17, 15) is 0 Å². The average Bonchev–Trinajstić information content (AvgIpc) is 2.97. The van der Waals surface area contributed by atoms with Gasteiger partial charge in [0, 0.05) is 12.1 Å². The number of rotatable bonds is 0. The second kappa shape index (κ2) is 3.38. The van der Waals surface area contributed by atoms with Crippen LogP contribution in [0.4, 0.5) is 0 Å². The molecule has 0 aromatic heterocycles. The first kappa shape index (κ1) is 10.4. The molecule has 0 unspecified atom stereocenters. The standard InChI is InChI=1S/C13H16ClNO/c1-9-5-10-7-15(2)13(3-4-13)8-16-12(10)11(14)6-9/h5-6H,3-4,7-8H2,1-2H3. The number of hydrogen-bond acceptors (Lipinski definition) is 2. The Morgan fingerprint density at radius 2 is 2.12 bits per heavy atom. The first-order chi connectivity index (χ1) is 7.61. The second-order valence-electron chi connectivity index (χ2n) is 5.10. The van der Waals surface area contributed by atoms with Gasteiger partial charge in [-0.1, -0.05) is 17.7 Å². The largest absolute Gasteiger partial charge is 0.490 e. The Labute approximate surface area is 101 Å². The topological polar surface area (TPSA) is 12.5 Å². The van der Waals surface area contributed by atoms with Crippen LogP contribution in [0.25, 0.3) is 0 Å². The summed E-state index contributed by atoms with van der Waals surface area (Å²) in [5.41, 5.74) is 2.71. The van der Waals surface area contributed by atoms with Crippen LogP contribution < -0.4 is 4.74 Å². The molecule has 0 amide bonds. The minimum Gasteiger partial charge on any atom is -0.490 e. The fourth-order valence-electron chi connectivity index (χ4n) is 2.49. The molecule has 1 aliphatic carbocycles. The van der Waals surface area contributed by atoms with Gasteiger partial charge >= 0.3 is 0 Å². The van der Waals surface area contributed by atoms with E-state index in [0.29, 0.717) is 0 Å². The first-order valence-electron chi connectivity index (χ1n) is 5.74. The average molecular weight is 238 g/mol. The monoisotopic (exact) mass is 237 g/mol. The Kier molecular flexibility index (Phi) is 2.20. The van der Waals surface area contributed by atoms with Crippen LogP contribution in [-0.2, 0) is 6.54 Å². The molecule has 1 saturated carbocycles. The van der Waals surface area contributed by atoms with Crippen molar-refractivity contribution in [3.63, 3.8) is 0 Å². The van der Waals surface area contributed by atoms with Crippen molar-refractivity contribution < 1.29 is 4.74 Å². The van der Waals surface area contributed by atoms with Gasteiger partial charge in [0.15, 0.2) is 0 Å². The zero-order valence-corrected chi connectivity index (χ0v) is 10.5. The van der Waals surface area contributed by atoms with Crippen molar-refractivity contribution in [1.29, 1.82) is 0 Å². The second-order valence-corrected chi connectivity index (χ2v) is 5.51. The molecule has 3 heteroatoms. The van der Waals surface area contributed by atoms with E-state index in [1.54, 1.807) is 0 Å². The predicted octanol–water partition coefficient (Wildman–Crippen LogP) is 3.01. The fraction of sp³-hybridized carbons (Fsp3) is 0.538. The van der Waals surface area contributed by atoms with E-state index in [-0.39, 0.29) is 5.54 Å². The molecule has 3 rings (SSSR count). The number of aryl methyl sites for hydroxylation is 1. The molecule has 1 aromatic carbocycles. The lowest BCUT2D eigenvalue weighted by atomic mass is 10.1. The van der Waals surface area contributed by atoms with Crippen molar-refractivity contribution in [2.75, 3.05) is 13.7 Å². The number of hydrogen-bond donors (Lipinski definition) is 0. The van der Waals surface area contributed by atoms with Gasteiger partial charge in [0.1, 0.15) is 12.4 Å². The summed E-state index contributed by atoms with van der Waals surface area (Å²) in [6.45, 7) is 3.79. The van der Waals surface area contributed by atoms with Crippen LogP contribution in [0, 0.1) is 6.92 Å².